The Morgan fingerprint density at radius 2 is 1.83 bits per heavy atom. The highest BCUT2D eigenvalue weighted by Crippen LogP contribution is 2.23. The van der Waals surface area contributed by atoms with E-state index in [2.05, 4.69) is 0 Å². The van der Waals surface area contributed by atoms with Crippen molar-refractivity contribution in [3.8, 4) is 0 Å². The average Bonchev–Trinajstić information content (AvgIpc) is 2.36. The van der Waals surface area contributed by atoms with E-state index < -0.39 is 20.5 Å². The molecule has 0 saturated heterocycles. The lowest BCUT2D eigenvalue weighted by atomic mass is 9.99. The first-order valence-corrected chi connectivity index (χ1v) is 7.47. The third-order valence-corrected chi connectivity index (χ3v) is 5.40. The molecule has 4 nitrogen and oxygen atoms in total. The summed E-state index contributed by atoms with van der Waals surface area (Å²) in [5.74, 6) is -1.50. The van der Waals surface area contributed by atoms with E-state index >= 15 is 0 Å². The molecule has 0 aromatic heterocycles. The van der Waals surface area contributed by atoms with Crippen LogP contribution in [0.2, 0.25) is 0 Å². The standard InChI is InChI=1S/C12H15ClO4S/c1-3-8(2)9-4-6-10(7-5-9)18(16,17)11(13)12(14)15/h4-8,11H,3H2,1-2H3,(H,14,15)/p-1. The third-order valence-electron chi connectivity index (χ3n) is 2.85. The molecule has 0 saturated carbocycles. The topological polar surface area (TPSA) is 74.3 Å². The van der Waals surface area contributed by atoms with Crippen LogP contribution in [0.4, 0.5) is 0 Å². The largest absolute Gasteiger partial charge is 0.547 e. The molecular formula is C12H14ClO4S-. The Kier molecular flexibility index (Phi) is 4.76. The van der Waals surface area contributed by atoms with Crippen molar-refractivity contribution in [2.75, 3.05) is 0 Å². The summed E-state index contributed by atoms with van der Waals surface area (Å²) in [7, 11) is -4.08. The monoisotopic (exact) mass is 289 g/mol. The van der Waals surface area contributed by atoms with Crippen molar-refractivity contribution < 1.29 is 18.3 Å². The van der Waals surface area contributed by atoms with Gasteiger partial charge in [0.1, 0.15) is 0 Å². The second-order valence-corrected chi connectivity index (χ2v) is 6.79. The van der Waals surface area contributed by atoms with Crippen LogP contribution in [-0.2, 0) is 14.6 Å². The summed E-state index contributed by atoms with van der Waals surface area (Å²) in [6.45, 7) is 4.05. The maximum atomic E-state index is 11.8. The first-order valence-electron chi connectivity index (χ1n) is 5.49. The van der Waals surface area contributed by atoms with Crippen molar-refractivity contribution in [3.05, 3.63) is 29.8 Å². The number of hydrogen-bond acceptors (Lipinski definition) is 4. The number of sulfone groups is 1. The highest BCUT2D eigenvalue weighted by Gasteiger charge is 2.26. The van der Waals surface area contributed by atoms with Crippen molar-refractivity contribution in [2.24, 2.45) is 0 Å². The van der Waals surface area contributed by atoms with Crippen molar-refractivity contribution in [1.82, 2.24) is 0 Å². The molecule has 0 spiro atoms. The summed E-state index contributed by atoms with van der Waals surface area (Å²) in [4.78, 5) is 10.4. The molecule has 100 valence electrons. The fourth-order valence-corrected chi connectivity index (χ4v) is 2.78. The molecule has 0 fully saturated rings. The van der Waals surface area contributed by atoms with Gasteiger partial charge in [-0.1, -0.05) is 37.6 Å². The van der Waals surface area contributed by atoms with Crippen LogP contribution < -0.4 is 5.11 Å². The smallest absolute Gasteiger partial charge is 0.200 e. The molecule has 2 unspecified atom stereocenters. The molecule has 0 radical (unpaired) electrons. The van der Waals surface area contributed by atoms with Gasteiger partial charge in [-0.25, -0.2) is 8.42 Å². The van der Waals surface area contributed by atoms with Gasteiger partial charge in [-0.2, -0.15) is 0 Å². The summed E-state index contributed by atoms with van der Waals surface area (Å²) >= 11 is 5.32. The summed E-state index contributed by atoms with van der Waals surface area (Å²) in [5, 5.41) is 10.5. The molecule has 0 amide bonds. The molecule has 0 aliphatic rings. The van der Waals surface area contributed by atoms with Gasteiger partial charge in [0, 0.05) is 0 Å². The third kappa shape index (κ3) is 3.03. The Hall–Kier alpha value is -1.07. The minimum atomic E-state index is -4.08. The molecule has 0 heterocycles. The van der Waals surface area contributed by atoms with Gasteiger partial charge in [-0.15, -0.1) is 0 Å². The average molecular weight is 290 g/mol. The fourth-order valence-electron chi connectivity index (χ4n) is 1.47. The van der Waals surface area contributed by atoms with E-state index in [1.807, 2.05) is 13.8 Å². The van der Waals surface area contributed by atoms with E-state index in [1.54, 1.807) is 12.1 Å². The van der Waals surface area contributed by atoms with E-state index in [9.17, 15) is 18.3 Å². The van der Waals surface area contributed by atoms with Crippen LogP contribution in [0.15, 0.2) is 29.2 Å². The van der Waals surface area contributed by atoms with E-state index in [-0.39, 0.29) is 4.90 Å². The predicted octanol–water partition coefficient (Wildman–Crippen LogP) is 1.29. The number of aliphatic carboxylic acids is 1. The van der Waals surface area contributed by atoms with Gasteiger partial charge in [0.25, 0.3) is 0 Å². The van der Waals surface area contributed by atoms with Gasteiger partial charge in [-0.3, -0.25) is 0 Å². The van der Waals surface area contributed by atoms with E-state index in [4.69, 9.17) is 11.6 Å². The lowest BCUT2D eigenvalue weighted by Gasteiger charge is -2.13. The molecule has 1 aromatic carbocycles. The first kappa shape index (κ1) is 15.0. The quantitative estimate of drug-likeness (QED) is 0.766. The van der Waals surface area contributed by atoms with E-state index in [0.717, 1.165) is 12.0 Å². The van der Waals surface area contributed by atoms with Crippen LogP contribution in [0.3, 0.4) is 0 Å². The highest BCUT2D eigenvalue weighted by atomic mass is 35.5. The number of hydrogen-bond donors (Lipinski definition) is 0. The van der Waals surface area contributed by atoms with Crippen molar-refractivity contribution in [3.63, 3.8) is 0 Å². The number of halogens is 1. The number of carbonyl (C=O) groups is 1. The van der Waals surface area contributed by atoms with Gasteiger partial charge in [0.05, 0.1) is 10.9 Å². The van der Waals surface area contributed by atoms with Crippen LogP contribution in [0.25, 0.3) is 0 Å². The maximum absolute atomic E-state index is 11.8. The molecule has 0 aliphatic heterocycles. The van der Waals surface area contributed by atoms with Crippen LogP contribution in [0.5, 0.6) is 0 Å². The number of carbonyl (C=O) groups excluding carboxylic acids is 1. The SMILES string of the molecule is CCC(C)c1ccc(S(=O)(=O)C(Cl)C(=O)[O-])cc1. The summed E-state index contributed by atoms with van der Waals surface area (Å²) in [5.41, 5.74) is 0.996. The van der Waals surface area contributed by atoms with Crippen molar-refractivity contribution in [2.45, 2.75) is 35.8 Å². The minimum Gasteiger partial charge on any atom is -0.547 e. The van der Waals surface area contributed by atoms with Crippen LogP contribution in [-0.4, -0.2) is 19.1 Å². The lowest BCUT2D eigenvalue weighted by Crippen LogP contribution is -2.37. The Bertz CT molecular complexity index is 522. The normalized spacial score (nSPS) is 15.1. The molecule has 0 aliphatic carbocycles. The first-order chi connectivity index (χ1) is 8.30. The summed E-state index contributed by atoms with van der Waals surface area (Å²) in [6, 6.07) is 6.07. The maximum Gasteiger partial charge on any atom is 0.200 e. The van der Waals surface area contributed by atoms with Gasteiger partial charge in [0.2, 0.25) is 9.84 Å². The van der Waals surface area contributed by atoms with E-state index in [1.165, 1.54) is 12.1 Å². The predicted molar refractivity (Wildman–Crippen MR) is 67.0 cm³/mol. The molecule has 18 heavy (non-hydrogen) atoms. The molecule has 0 N–H and O–H groups in total. The fraction of sp³-hybridized carbons (Fsp3) is 0.417. The summed E-state index contributed by atoms with van der Waals surface area (Å²) < 4.78 is 21.5. The Morgan fingerprint density at radius 3 is 2.22 bits per heavy atom. The van der Waals surface area contributed by atoms with Crippen LogP contribution >= 0.6 is 11.6 Å². The second kappa shape index (κ2) is 5.71. The minimum absolute atomic E-state index is 0.112. The Morgan fingerprint density at radius 1 is 1.33 bits per heavy atom. The lowest BCUT2D eigenvalue weighted by molar-refractivity contribution is -0.302. The number of carboxylic acids is 1. The van der Waals surface area contributed by atoms with Gasteiger partial charge < -0.3 is 9.90 Å². The zero-order chi connectivity index (χ0) is 13.9. The molecule has 1 aromatic rings. The van der Waals surface area contributed by atoms with Gasteiger partial charge in [-0.05, 0) is 30.0 Å². The highest BCUT2D eigenvalue weighted by molar-refractivity contribution is 7.94. The van der Waals surface area contributed by atoms with Gasteiger partial charge in [0.15, 0.2) is 4.71 Å². The number of benzene rings is 1. The van der Waals surface area contributed by atoms with Crippen molar-refractivity contribution in [1.29, 1.82) is 0 Å². The van der Waals surface area contributed by atoms with E-state index in [0.29, 0.717) is 5.92 Å². The summed E-state index contributed by atoms with van der Waals surface area (Å²) in [6.07, 6.45) is 0.934. The Balaban J connectivity index is 3.09. The molecular weight excluding hydrogens is 276 g/mol. The zero-order valence-electron chi connectivity index (χ0n) is 10.1. The van der Waals surface area contributed by atoms with Crippen molar-refractivity contribution >= 4 is 27.4 Å². The Labute approximate surface area is 112 Å². The zero-order valence-corrected chi connectivity index (χ0v) is 11.7. The van der Waals surface area contributed by atoms with Crippen LogP contribution in [0, 0.1) is 0 Å². The molecule has 1 rings (SSSR count). The molecule has 2 atom stereocenters. The second-order valence-electron chi connectivity index (χ2n) is 4.06. The number of alkyl halides is 1. The van der Waals surface area contributed by atoms with Gasteiger partial charge >= 0.3 is 0 Å². The number of rotatable bonds is 5. The van der Waals surface area contributed by atoms with Crippen LogP contribution in [0.1, 0.15) is 31.7 Å². The number of carboxylic acid groups (broad SMARTS) is 1. The molecule has 0 bridgehead atoms. The molecule has 6 heteroatoms.